The molecule has 1 aliphatic heterocycles. The number of hydrogen-bond acceptors (Lipinski definition) is 4. The van der Waals surface area contributed by atoms with Crippen LogP contribution in [0.4, 0.5) is 19.1 Å². The maximum atomic E-state index is 13.9. The summed E-state index contributed by atoms with van der Waals surface area (Å²) in [6, 6.07) is 5.96. The first-order chi connectivity index (χ1) is 15.3. The standard InChI is InChI=1S/C23H27F3N5P/c1-32(2)18-5-3-4-15-16(11-28-20(15)18)19-17(23(24,25)26)12-29-21(31-19)30-14-6-7-22(10-14)8-9-27-13-22/h3-5,11-12,14,27-28H,6-10,13H2,1-2H3,(H,29,30,31). The summed E-state index contributed by atoms with van der Waals surface area (Å²) >= 11 is 0. The van der Waals surface area contributed by atoms with Gasteiger partial charge in [-0.15, -0.1) is 0 Å². The number of fused-ring (bicyclic) bond motifs is 1. The Morgan fingerprint density at radius 1 is 1.22 bits per heavy atom. The van der Waals surface area contributed by atoms with Gasteiger partial charge in [0.15, 0.2) is 0 Å². The number of H-pyrrole nitrogens is 1. The predicted molar refractivity (Wildman–Crippen MR) is 124 cm³/mol. The lowest BCUT2D eigenvalue weighted by Crippen LogP contribution is -2.24. The first kappa shape index (κ1) is 21.7. The molecule has 9 heteroatoms. The number of halogens is 3. The minimum absolute atomic E-state index is 0.0785. The van der Waals surface area contributed by atoms with Crippen molar-refractivity contribution in [1.29, 1.82) is 0 Å². The molecule has 0 bridgehead atoms. The van der Waals surface area contributed by atoms with Gasteiger partial charge in [0, 0.05) is 35.9 Å². The number of rotatable bonds is 4. The van der Waals surface area contributed by atoms with Crippen molar-refractivity contribution < 1.29 is 13.2 Å². The minimum atomic E-state index is -4.54. The van der Waals surface area contributed by atoms with E-state index in [-0.39, 0.29) is 17.7 Å². The molecule has 1 spiro atoms. The second-order valence-electron chi connectivity index (χ2n) is 9.26. The Kier molecular flexibility index (Phi) is 5.41. The second kappa shape index (κ2) is 7.99. The molecule has 5 rings (SSSR count). The van der Waals surface area contributed by atoms with Crippen LogP contribution >= 0.6 is 7.92 Å². The average Bonchev–Trinajstić information content (AvgIpc) is 3.47. The van der Waals surface area contributed by atoms with Gasteiger partial charge in [-0.2, -0.15) is 13.2 Å². The Morgan fingerprint density at radius 2 is 2.06 bits per heavy atom. The largest absolute Gasteiger partial charge is 0.419 e. The molecule has 0 amide bonds. The number of nitrogens with zero attached hydrogens (tertiary/aromatic N) is 2. The van der Waals surface area contributed by atoms with Gasteiger partial charge in [0.1, 0.15) is 5.56 Å². The van der Waals surface area contributed by atoms with E-state index in [4.69, 9.17) is 0 Å². The van der Waals surface area contributed by atoms with Crippen LogP contribution in [-0.4, -0.2) is 47.4 Å². The normalized spacial score (nSPS) is 23.6. The average molecular weight is 461 g/mol. The fourth-order valence-electron chi connectivity index (χ4n) is 5.27. The van der Waals surface area contributed by atoms with Crippen molar-refractivity contribution in [2.24, 2.45) is 5.41 Å². The number of benzene rings is 1. The van der Waals surface area contributed by atoms with E-state index in [1.165, 1.54) is 0 Å². The van der Waals surface area contributed by atoms with Gasteiger partial charge in [-0.1, -0.05) is 26.1 Å². The Morgan fingerprint density at radius 3 is 2.78 bits per heavy atom. The molecule has 170 valence electrons. The number of hydrogen-bond donors (Lipinski definition) is 3. The molecule has 1 saturated carbocycles. The highest BCUT2D eigenvalue weighted by Crippen LogP contribution is 2.44. The third kappa shape index (κ3) is 3.88. The fraction of sp³-hybridized carbons (Fsp3) is 0.478. The SMILES string of the molecule is CP(C)c1cccc2c(-c3nc(NC4CCC5(CCNC5)C4)ncc3C(F)(F)F)c[nH]c12. The lowest BCUT2D eigenvalue weighted by atomic mass is 9.85. The van der Waals surface area contributed by atoms with Crippen LogP contribution < -0.4 is 15.9 Å². The van der Waals surface area contributed by atoms with E-state index in [0.29, 0.717) is 11.0 Å². The maximum Gasteiger partial charge on any atom is 0.419 e. The molecule has 1 aliphatic carbocycles. The molecule has 3 aromatic rings. The fourth-order valence-corrected chi connectivity index (χ4v) is 6.28. The number of alkyl halides is 3. The number of aromatic amines is 1. The van der Waals surface area contributed by atoms with Crippen molar-refractivity contribution in [3.8, 4) is 11.3 Å². The van der Waals surface area contributed by atoms with Crippen LogP contribution in [0, 0.1) is 5.41 Å². The van der Waals surface area contributed by atoms with E-state index in [1.807, 2.05) is 18.2 Å². The quantitative estimate of drug-likeness (QED) is 0.481. The summed E-state index contributed by atoms with van der Waals surface area (Å²) in [4.78, 5) is 11.7. The Bertz CT molecular complexity index is 1130. The van der Waals surface area contributed by atoms with Crippen molar-refractivity contribution in [3.63, 3.8) is 0 Å². The van der Waals surface area contributed by atoms with Crippen LogP contribution in [0.1, 0.15) is 31.2 Å². The van der Waals surface area contributed by atoms with Crippen LogP contribution in [0.5, 0.6) is 0 Å². The summed E-state index contributed by atoms with van der Waals surface area (Å²) in [6.07, 6.45) is 2.27. The van der Waals surface area contributed by atoms with Crippen molar-refractivity contribution >= 4 is 30.1 Å². The molecule has 2 aliphatic rings. The van der Waals surface area contributed by atoms with Gasteiger partial charge < -0.3 is 15.6 Å². The maximum absolute atomic E-state index is 13.9. The van der Waals surface area contributed by atoms with E-state index in [0.717, 1.165) is 61.2 Å². The number of para-hydroxylation sites is 1. The van der Waals surface area contributed by atoms with Gasteiger partial charge in [-0.25, -0.2) is 9.97 Å². The van der Waals surface area contributed by atoms with Crippen LogP contribution in [0.15, 0.2) is 30.6 Å². The molecule has 5 nitrogen and oxygen atoms in total. The zero-order valence-electron chi connectivity index (χ0n) is 18.2. The topological polar surface area (TPSA) is 65.6 Å². The zero-order valence-corrected chi connectivity index (χ0v) is 19.1. The highest BCUT2D eigenvalue weighted by Gasteiger charge is 2.41. The van der Waals surface area contributed by atoms with Crippen molar-refractivity contribution in [2.75, 3.05) is 31.7 Å². The lowest BCUT2D eigenvalue weighted by Gasteiger charge is -2.22. The molecule has 3 heterocycles. The smallest absolute Gasteiger partial charge is 0.360 e. The van der Waals surface area contributed by atoms with Crippen molar-refractivity contribution in [2.45, 2.75) is 37.9 Å². The minimum Gasteiger partial charge on any atom is -0.360 e. The van der Waals surface area contributed by atoms with Gasteiger partial charge in [0.25, 0.3) is 0 Å². The summed E-state index contributed by atoms with van der Waals surface area (Å²) in [7, 11) is -0.408. The third-order valence-electron chi connectivity index (χ3n) is 6.89. The van der Waals surface area contributed by atoms with E-state index in [2.05, 4.69) is 38.9 Å². The number of nitrogens with one attached hydrogen (secondary N) is 3. The molecule has 2 unspecified atom stereocenters. The molecule has 2 fully saturated rings. The van der Waals surface area contributed by atoms with Gasteiger partial charge in [0.2, 0.25) is 5.95 Å². The molecule has 3 N–H and O–H groups in total. The Balaban J connectivity index is 1.53. The molecule has 0 radical (unpaired) electrons. The Labute approximate surface area is 186 Å². The summed E-state index contributed by atoms with van der Waals surface area (Å²) in [6.45, 7) is 6.31. The van der Waals surface area contributed by atoms with Crippen LogP contribution in [0.3, 0.4) is 0 Å². The molecule has 2 atom stereocenters. The van der Waals surface area contributed by atoms with Gasteiger partial charge in [0.05, 0.1) is 11.2 Å². The summed E-state index contributed by atoms with van der Waals surface area (Å²) in [5, 5.41) is 8.65. The van der Waals surface area contributed by atoms with Gasteiger partial charge in [-0.3, -0.25) is 0 Å². The first-order valence-electron chi connectivity index (χ1n) is 11.0. The highest BCUT2D eigenvalue weighted by molar-refractivity contribution is 7.64. The van der Waals surface area contributed by atoms with Crippen LogP contribution in [0.25, 0.3) is 22.2 Å². The van der Waals surface area contributed by atoms with Gasteiger partial charge >= 0.3 is 6.18 Å². The monoisotopic (exact) mass is 461 g/mol. The highest BCUT2D eigenvalue weighted by atomic mass is 31.1. The van der Waals surface area contributed by atoms with E-state index < -0.39 is 19.7 Å². The first-order valence-corrected chi connectivity index (χ1v) is 13.2. The van der Waals surface area contributed by atoms with Crippen molar-refractivity contribution in [1.82, 2.24) is 20.3 Å². The molecular formula is C23H27F3N5P. The van der Waals surface area contributed by atoms with E-state index in [1.54, 1.807) is 6.20 Å². The summed E-state index contributed by atoms with van der Waals surface area (Å²) in [5.74, 6) is 0.264. The molecule has 1 saturated heterocycles. The summed E-state index contributed by atoms with van der Waals surface area (Å²) < 4.78 is 41.6. The zero-order chi connectivity index (χ0) is 22.5. The number of aromatic nitrogens is 3. The molecular weight excluding hydrogens is 434 g/mol. The molecule has 1 aromatic carbocycles. The number of anilines is 1. The Hall–Kier alpha value is -2.18. The van der Waals surface area contributed by atoms with E-state index >= 15 is 0 Å². The lowest BCUT2D eigenvalue weighted by molar-refractivity contribution is -0.137. The second-order valence-corrected chi connectivity index (χ2v) is 11.5. The molecule has 2 aromatic heterocycles. The van der Waals surface area contributed by atoms with Crippen LogP contribution in [-0.2, 0) is 6.18 Å². The summed E-state index contributed by atoms with van der Waals surface area (Å²) in [5.41, 5.74) is 0.751. The van der Waals surface area contributed by atoms with Gasteiger partial charge in [-0.05, 0) is 56.3 Å². The predicted octanol–water partition coefficient (Wildman–Crippen LogP) is 4.95. The third-order valence-corrected chi connectivity index (χ3v) is 8.23. The van der Waals surface area contributed by atoms with E-state index in [9.17, 15) is 13.2 Å². The van der Waals surface area contributed by atoms with Crippen molar-refractivity contribution in [3.05, 3.63) is 36.2 Å². The molecule has 32 heavy (non-hydrogen) atoms. The van der Waals surface area contributed by atoms with Crippen LogP contribution in [0.2, 0.25) is 0 Å².